The highest BCUT2D eigenvalue weighted by Crippen LogP contribution is 2.49. The minimum atomic E-state index is -0.540. The van der Waals surface area contributed by atoms with Gasteiger partial charge in [0.1, 0.15) is 11.4 Å². The summed E-state index contributed by atoms with van der Waals surface area (Å²) in [6.45, 7) is 11.0. The van der Waals surface area contributed by atoms with Gasteiger partial charge in [-0.3, -0.25) is 0 Å². The number of likely N-dealkylation sites (N-methyl/N-ethyl adjacent to an activating group) is 1. The van der Waals surface area contributed by atoms with Crippen LogP contribution < -0.4 is 9.64 Å². The Labute approximate surface area is 225 Å². The fourth-order valence-electron chi connectivity index (χ4n) is 4.38. The fraction of sp³-hybridized carbons (Fsp3) is 0.483. The van der Waals surface area contributed by atoms with Gasteiger partial charge < -0.3 is 14.4 Å². The van der Waals surface area contributed by atoms with E-state index in [4.69, 9.17) is 9.47 Å². The van der Waals surface area contributed by atoms with E-state index in [1.165, 1.54) is 36.6 Å². The standard InChI is InChI=1S/C29H40N2O3S2/c1-8-10-17-29(9-2)21-31(22-14-12-11-13-15-22)23-19-26(35-7)24(20-25(23)36-30(29)6)33-18-16-27(32)34-28(3,4)5/h11-16,18-20H,8-10,17,21H2,1-7H3/b18-16+. The molecule has 7 heteroatoms. The lowest BCUT2D eigenvalue weighted by molar-refractivity contribution is -0.148. The first-order chi connectivity index (χ1) is 17.1. The molecule has 1 aliphatic rings. The number of benzene rings is 2. The van der Waals surface area contributed by atoms with Crippen LogP contribution in [0.2, 0.25) is 0 Å². The molecule has 0 saturated heterocycles. The van der Waals surface area contributed by atoms with Crippen molar-refractivity contribution in [3.05, 3.63) is 54.8 Å². The molecule has 1 heterocycles. The zero-order valence-corrected chi connectivity index (χ0v) is 24.3. The number of carbonyl (C=O) groups excluding carboxylic acids is 1. The van der Waals surface area contributed by atoms with Crippen LogP contribution in [0.15, 0.2) is 64.6 Å². The van der Waals surface area contributed by atoms with E-state index in [9.17, 15) is 4.79 Å². The normalized spacial score (nSPS) is 18.7. The van der Waals surface area contributed by atoms with Crippen LogP contribution in [0, 0.1) is 0 Å². The van der Waals surface area contributed by atoms with Gasteiger partial charge in [-0.1, -0.05) is 44.9 Å². The molecule has 0 radical (unpaired) electrons. The SMILES string of the molecule is CCCCC1(CC)CN(c2ccccc2)c2cc(SC)c(O/C=C/C(=O)OC(C)(C)C)cc2SN1C. The van der Waals surface area contributed by atoms with Gasteiger partial charge in [-0.2, -0.15) is 0 Å². The largest absolute Gasteiger partial charge is 0.464 e. The summed E-state index contributed by atoms with van der Waals surface area (Å²) in [6.07, 6.45) is 9.38. The summed E-state index contributed by atoms with van der Waals surface area (Å²) in [6, 6.07) is 15.0. The average molecular weight is 529 g/mol. The molecule has 1 unspecified atom stereocenters. The molecule has 0 spiro atoms. The van der Waals surface area contributed by atoms with Gasteiger partial charge in [0, 0.05) is 17.8 Å². The minimum Gasteiger partial charge on any atom is -0.464 e. The summed E-state index contributed by atoms with van der Waals surface area (Å²) in [5.74, 6) is 0.309. The third-order valence-corrected chi connectivity index (χ3v) is 8.36. The van der Waals surface area contributed by atoms with Crippen LogP contribution in [0.3, 0.4) is 0 Å². The predicted molar refractivity (Wildman–Crippen MR) is 153 cm³/mol. The molecule has 5 nitrogen and oxygen atoms in total. The van der Waals surface area contributed by atoms with E-state index in [1.54, 1.807) is 23.7 Å². The van der Waals surface area contributed by atoms with Gasteiger partial charge in [-0.05, 0) is 83.1 Å². The molecule has 2 aromatic rings. The van der Waals surface area contributed by atoms with Crippen molar-refractivity contribution in [3.8, 4) is 5.75 Å². The van der Waals surface area contributed by atoms with Crippen molar-refractivity contribution in [2.75, 3.05) is 24.7 Å². The Morgan fingerprint density at radius 3 is 2.53 bits per heavy atom. The van der Waals surface area contributed by atoms with Crippen molar-refractivity contribution >= 4 is 41.1 Å². The smallest absolute Gasteiger partial charge is 0.334 e. The topological polar surface area (TPSA) is 42.0 Å². The highest BCUT2D eigenvalue weighted by Gasteiger charge is 2.39. The van der Waals surface area contributed by atoms with Crippen LogP contribution in [-0.2, 0) is 9.53 Å². The van der Waals surface area contributed by atoms with Gasteiger partial charge in [0.25, 0.3) is 0 Å². The second-order valence-corrected chi connectivity index (χ2v) is 12.1. The van der Waals surface area contributed by atoms with Gasteiger partial charge in [0.15, 0.2) is 0 Å². The van der Waals surface area contributed by atoms with Crippen LogP contribution in [0.4, 0.5) is 11.4 Å². The summed E-state index contributed by atoms with van der Waals surface area (Å²) in [4.78, 5) is 16.7. The van der Waals surface area contributed by atoms with Crippen molar-refractivity contribution < 1.29 is 14.3 Å². The zero-order valence-electron chi connectivity index (χ0n) is 22.7. The summed E-state index contributed by atoms with van der Waals surface area (Å²) in [5, 5.41) is 0. The Kier molecular flexibility index (Phi) is 9.84. The van der Waals surface area contributed by atoms with Crippen molar-refractivity contribution in [2.45, 2.75) is 81.2 Å². The fourth-order valence-corrected chi connectivity index (χ4v) is 6.11. The first-order valence-corrected chi connectivity index (χ1v) is 14.6. The maximum absolute atomic E-state index is 12.1. The Morgan fingerprint density at radius 1 is 1.19 bits per heavy atom. The molecule has 3 rings (SSSR count). The van der Waals surface area contributed by atoms with Crippen LogP contribution in [0.25, 0.3) is 0 Å². The zero-order chi connectivity index (χ0) is 26.3. The molecule has 1 atom stereocenters. The lowest BCUT2D eigenvalue weighted by Gasteiger charge is -2.42. The quantitative estimate of drug-likeness (QED) is 0.107. The summed E-state index contributed by atoms with van der Waals surface area (Å²) >= 11 is 3.42. The van der Waals surface area contributed by atoms with Crippen LogP contribution in [0.1, 0.15) is 60.3 Å². The molecule has 0 amide bonds. The molecule has 36 heavy (non-hydrogen) atoms. The molecule has 0 N–H and O–H groups in total. The maximum Gasteiger partial charge on any atom is 0.334 e. The predicted octanol–water partition coefficient (Wildman–Crippen LogP) is 8.07. The number of nitrogens with zero attached hydrogens (tertiary/aromatic N) is 2. The number of unbranched alkanes of at least 4 members (excludes halogenated alkanes) is 1. The number of carbonyl (C=O) groups is 1. The Balaban J connectivity index is 2.02. The Morgan fingerprint density at radius 2 is 1.92 bits per heavy atom. The maximum atomic E-state index is 12.1. The van der Waals surface area contributed by atoms with Crippen LogP contribution >= 0.6 is 23.7 Å². The first kappa shape index (κ1) is 28.5. The number of esters is 1. The van der Waals surface area contributed by atoms with Crippen LogP contribution in [-0.4, -0.2) is 41.3 Å². The first-order valence-electron chi connectivity index (χ1n) is 12.6. The third kappa shape index (κ3) is 7.02. The summed E-state index contributed by atoms with van der Waals surface area (Å²) < 4.78 is 13.8. The van der Waals surface area contributed by atoms with Gasteiger partial charge in [0.2, 0.25) is 0 Å². The van der Waals surface area contributed by atoms with E-state index < -0.39 is 11.6 Å². The molecule has 1 aliphatic heterocycles. The van der Waals surface area contributed by atoms with E-state index in [0.29, 0.717) is 0 Å². The summed E-state index contributed by atoms with van der Waals surface area (Å²) in [7, 11) is 2.22. The highest BCUT2D eigenvalue weighted by atomic mass is 32.2. The number of para-hydroxylation sites is 1. The molecule has 0 saturated carbocycles. The number of hydrogen-bond acceptors (Lipinski definition) is 7. The molecular formula is C29H40N2O3S2. The Bertz CT molecular complexity index is 1050. The van der Waals surface area contributed by atoms with Gasteiger partial charge >= 0.3 is 5.97 Å². The van der Waals surface area contributed by atoms with Gasteiger partial charge in [-0.25, -0.2) is 9.10 Å². The molecule has 196 valence electrons. The highest BCUT2D eigenvalue weighted by molar-refractivity contribution is 7.98. The number of anilines is 2. The second kappa shape index (κ2) is 12.4. The van der Waals surface area contributed by atoms with E-state index in [2.05, 4.69) is 72.6 Å². The van der Waals surface area contributed by atoms with Crippen molar-refractivity contribution in [1.82, 2.24) is 4.31 Å². The van der Waals surface area contributed by atoms with E-state index in [-0.39, 0.29) is 5.54 Å². The number of thioether (sulfide) groups is 1. The van der Waals surface area contributed by atoms with Crippen molar-refractivity contribution in [3.63, 3.8) is 0 Å². The van der Waals surface area contributed by atoms with E-state index >= 15 is 0 Å². The molecular weight excluding hydrogens is 488 g/mol. The monoisotopic (exact) mass is 528 g/mol. The molecule has 2 aromatic carbocycles. The molecule has 0 fully saturated rings. The van der Waals surface area contributed by atoms with Gasteiger partial charge in [0.05, 0.1) is 27.8 Å². The minimum absolute atomic E-state index is 0.0344. The number of hydrogen-bond donors (Lipinski definition) is 0. The lowest BCUT2D eigenvalue weighted by atomic mass is 9.88. The molecule has 0 aliphatic carbocycles. The molecule has 0 bridgehead atoms. The van der Waals surface area contributed by atoms with Crippen molar-refractivity contribution in [2.24, 2.45) is 0 Å². The third-order valence-electron chi connectivity index (χ3n) is 6.42. The number of rotatable bonds is 9. The van der Waals surface area contributed by atoms with Crippen LogP contribution in [0.5, 0.6) is 5.75 Å². The number of fused-ring (bicyclic) bond motifs is 1. The summed E-state index contributed by atoms with van der Waals surface area (Å²) in [5.41, 5.74) is 1.86. The second-order valence-electron chi connectivity index (χ2n) is 10.1. The van der Waals surface area contributed by atoms with E-state index in [0.717, 1.165) is 34.9 Å². The number of ether oxygens (including phenoxy) is 2. The van der Waals surface area contributed by atoms with Gasteiger partial charge in [-0.15, -0.1) is 11.8 Å². The lowest BCUT2D eigenvalue weighted by Crippen LogP contribution is -2.49. The molecule has 0 aromatic heterocycles. The van der Waals surface area contributed by atoms with Crippen molar-refractivity contribution in [1.29, 1.82) is 0 Å². The Hall–Kier alpha value is -2.09. The van der Waals surface area contributed by atoms with E-state index in [1.807, 2.05) is 27.0 Å². The average Bonchev–Trinajstić information content (AvgIpc) is 2.95.